The van der Waals surface area contributed by atoms with Gasteiger partial charge in [0.1, 0.15) is 0 Å². The number of alkyl halides is 3. The molecule has 0 unspecified atom stereocenters. The Kier molecular flexibility index (Phi) is 5.31. The van der Waals surface area contributed by atoms with Crippen LogP contribution >= 0.6 is 11.8 Å². The SMILES string of the molecule is CSc1ccc(CNCc2cccc(C(F)(F)F)c2)cc1. The number of hydrogen-bond acceptors (Lipinski definition) is 2. The molecular formula is C16H16F3NS. The first-order valence-corrected chi connectivity index (χ1v) is 7.71. The molecule has 0 saturated heterocycles. The molecule has 0 aromatic heterocycles. The predicted octanol–water partition coefficient (Wildman–Crippen LogP) is 4.72. The largest absolute Gasteiger partial charge is 0.416 e. The van der Waals surface area contributed by atoms with Crippen LogP contribution in [0.25, 0.3) is 0 Å². The number of nitrogens with one attached hydrogen (secondary N) is 1. The molecule has 1 nitrogen and oxygen atoms in total. The van der Waals surface area contributed by atoms with E-state index in [0.717, 1.165) is 11.6 Å². The van der Waals surface area contributed by atoms with Gasteiger partial charge in [-0.05, 0) is 35.6 Å². The molecule has 0 amide bonds. The van der Waals surface area contributed by atoms with Crippen molar-refractivity contribution in [1.82, 2.24) is 5.32 Å². The van der Waals surface area contributed by atoms with E-state index in [1.165, 1.54) is 17.0 Å². The van der Waals surface area contributed by atoms with Gasteiger partial charge in [-0.1, -0.05) is 30.3 Å². The Balaban J connectivity index is 1.91. The van der Waals surface area contributed by atoms with Gasteiger partial charge in [-0.3, -0.25) is 0 Å². The lowest BCUT2D eigenvalue weighted by Gasteiger charge is -2.10. The van der Waals surface area contributed by atoms with Crippen LogP contribution in [-0.4, -0.2) is 6.26 Å². The van der Waals surface area contributed by atoms with Crippen molar-refractivity contribution >= 4 is 11.8 Å². The molecule has 0 atom stereocenters. The summed E-state index contributed by atoms with van der Waals surface area (Å²) in [6, 6.07) is 13.5. The Labute approximate surface area is 126 Å². The van der Waals surface area contributed by atoms with E-state index in [2.05, 4.69) is 5.32 Å². The minimum absolute atomic E-state index is 0.411. The van der Waals surface area contributed by atoms with E-state index in [-0.39, 0.29) is 0 Å². The monoisotopic (exact) mass is 311 g/mol. The predicted molar refractivity (Wildman–Crippen MR) is 80.2 cm³/mol. The Bertz CT molecular complexity index is 579. The minimum Gasteiger partial charge on any atom is -0.309 e. The molecule has 0 aliphatic rings. The van der Waals surface area contributed by atoms with Crippen molar-refractivity contribution in [2.45, 2.75) is 24.2 Å². The van der Waals surface area contributed by atoms with Crippen LogP contribution in [0.15, 0.2) is 53.4 Å². The molecule has 112 valence electrons. The number of thioether (sulfide) groups is 1. The van der Waals surface area contributed by atoms with Gasteiger partial charge in [0.15, 0.2) is 0 Å². The van der Waals surface area contributed by atoms with Crippen molar-refractivity contribution in [2.75, 3.05) is 6.26 Å². The summed E-state index contributed by atoms with van der Waals surface area (Å²) in [5.74, 6) is 0. The summed E-state index contributed by atoms with van der Waals surface area (Å²) in [6.07, 6.45) is -2.27. The van der Waals surface area contributed by atoms with E-state index in [4.69, 9.17) is 0 Å². The van der Waals surface area contributed by atoms with Crippen LogP contribution in [0.2, 0.25) is 0 Å². The van der Waals surface area contributed by atoms with E-state index < -0.39 is 11.7 Å². The number of hydrogen-bond donors (Lipinski definition) is 1. The third kappa shape index (κ3) is 4.79. The summed E-state index contributed by atoms with van der Waals surface area (Å²) in [6.45, 7) is 1.04. The van der Waals surface area contributed by atoms with Gasteiger partial charge in [0, 0.05) is 18.0 Å². The fraction of sp³-hybridized carbons (Fsp3) is 0.250. The normalized spacial score (nSPS) is 11.6. The molecule has 0 aliphatic heterocycles. The van der Waals surface area contributed by atoms with Crippen LogP contribution in [0.3, 0.4) is 0 Å². The average Bonchev–Trinajstić information content (AvgIpc) is 2.47. The van der Waals surface area contributed by atoms with Gasteiger partial charge in [0.2, 0.25) is 0 Å². The molecule has 5 heteroatoms. The summed E-state index contributed by atoms with van der Waals surface area (Å²) < 4.78 is 37.8. The lowest BCUT2D eigenvalue weighted by Crippen LogP contribution is -2.13. The van der Waals surface area contributed by atoms with E-state index in [0.29, 0.717) is 18.7 Å². The third-order valence-electron chi connectivity index (χ3n) is 3.07. The van der Waals surface area contributed by atoms with E-state index >= 15 is 0 Å². The first-order chi connectivity index (χ1) is 9.99. The topological polar surface area (TPSA) is 12.0 Å². The summed E-state index contributed by atoms with van der Waals surface area (Å²) in [7, 11) is 0. The quantitative estimate of drug-likeness (QED) is 0.802. The molecule has 0 saturated carbocycles. The molecule has 2 aromatic rings. The highest BCUT2D eigenvalue weighted by Crippen LogP contribution is 2.29. The molecular weight excluding hydrogens is 295 g/mol. The maximum absolute atomic E-state index is 12.6. The molecule has 2 rings (SSSR count). The van der Waals surface area contributed by atoms with Crippen molar-refractivity contribution in [3.05, 3.63) is 65.2 Å². The molecule has 0 spiro atoms. The fourth-order valence-electron chi connectivity index (χ4n) is 1.95. The zero-order valence-corrected chi connectivity index (χ0v) is 12.4. The zero-order valence-electron chi connectivity index (χ0n) is 11.6. The van der Waals surface area contributed by atoms with Crippen LogP contribution in [0.4, 0.5) is 13.2 Å². The molecule has 0 radical (unpaired) electrons. The van der Waals surface area contributed by atoms with Crippen molar-refractivity contribution in [1.29, 1.82) is 0 Å². The molecule has 0 bridgehead atoms. The Hall–Kier alpha value is -1.46. The van der Waals surface area contributed by atoms with Crippen LogP contribution in [-0.2, 0) is 19.3 Å². The minimum atomic E-state index is -4.29. The highest BCUT2D eigenvalue weighted by molar-refractivity contribution is 7.98. The standard InChI is InChI=1S/C16H16F3NS/c1-21-15-7-5-12(6-8-15)10-20-11-13-3-2-4-14(9-13)16(17,18)19/h2-9,20H,10-11H2,1H3. The van der Waals surface area contributed by atoms with E-state index in [1.54, 1.807) is 17.8 Å². The van der Waals surface area contributed by atoms with Crippen molar-refractivity contribution in [2.24, 2.45) is 0 Å². The summed E-state index contributed by atoms with van der Waals surface area (Å²) in [5.41, 5.74) is 1.14. The Morgan fingerprint density at radius 2 is 1.62 bits per heavy atom. The van der Waals surface area contributed by atoms with Crippen LogP contribution < -0.4 is 5.32 Å². The number of rotatable bonds is 5. The van der Waals surface area contributed by atoms with Gasteiger partial charge in [-0.2, -0.15) is 13.2 Å². The van der Waals surface area contributed by atoms with Crippen LogP contribution in [0.1, 0.15) is 16.7 Å². The second kappa shape index (κ2) is 7.00. The molecule has 2 aromatic carbocycles. The summed E-state index contributed by atoms with van der Waals surface area (Å²) in [4.78, 5) is 1.19. The second-order valence-corrected chi connectivity index (χ2v) is 5.53. The number of halogens is 3. The highest BCUT2D eigenvalue weighted by atomic mass is 32.2. The lowest BCUT2D eigenvalue weighted by molar-refractivity contribution is -0.137. The second-order valence-electron chi connectivity index (χ2n) is 4.65. The van der Waals surface area contributed by atoms with Gasteiger partial charge in [0.25, 0.3) is 0 Å². The van der Waals surface area contributed by atoms with Gasteiger partial charge in [-0.15, -0.1) is 11.8 Å². The van der Waals surface area contributed by atoms with Crippen molar-refractivity contribution < 1.29 is 13.2 Å². The molecule has 1 N–H and O–H groups in total. The maximum Gasteiger partial charge on any atom is 0.416 e. The number of benzene rings is 2. The Morgan fingerprint density at radius 1 is 0.952 bits per heavy atom. The average molecular weight is 311 g/mol. The van der Waals surface area contributed by atoms with Crippen LogP contribution in [0.5, 0.6) is 0 Å². The molecule has 0 aliphatic carbocycles. The van der Waals surface area contributed by atoms with Gasteiger partial charge in [0.05, 0.1) is 5.56 Å². The van der Waals surface area contributed by atoms with Gasteiger partial charge < -0.3 is 5.32 Å². The van der Waals surface area contributed by atoms with Gasteiger partial charge >= 0.3 is 6.18 Å². The van der Waals surface area contributed by atoms with Crippen LogP contribution in [0, 0.1) is 0 Å². The van der Waals surface area contributed by atoms with Gasteiger partial charge in [-0.25, -0.2) is 0 Å². The van der Waals surface area contributed by atoms with Crippen molar-refractivity contribution in [3.63, 3.8) is 0 Å². The van der Waals surface area contributed by atoms with Crippen molar-refractivity contribution in [3.8, 4) is 0 Å². The fourth-order valence-corrected chi connectivity index (χ4v) is 2.36. The highest BCUT2D eigenvalue weighted by Gasteiger charge is 2.30. The molecule has 0 fully saturated rings. The molecule has 0 heterocycles. The summed E-state index contributed by atoms with van der Waals surface area (Å²) >= 11 is 1.68. The van der Waals surface area contributed by atoms with E-state index in [1.807, 2.05) is 30.5 Å². The maximum atomic E-state index is 12.6. The first-order valence-electron chi connectivity index (χ1n) is 6.49. The third-order valence-corrected chi connectivity index (χ3v) is 3.82. The lowest BCUT2D eigenvalue weighted by atomic mass is 10.1. The molecule has 21 heavy (non-hydrogen) atoms. The van der Waals surface area contributed by atoms with E-state index in [9.17, 15) is 13.2 Å². The first kappa shape index (κ1) is 15.9. The smallest absolute Gasteiger partial charge is 0.309 e. The zero-order chi connectivity index (χ0) is 15.3. The Morgan fingerprint density at radius 3 is 2.24 bits per heavy atom. The summed E-state index contributed by atoms with van der Waals surface area (Å²) in [5, 5.41) is 3.16.